The van der Waals surface area contributed by atoms with Gasteiger partial charge in [0.15, 0.2) is 4.77 Å². The normalized spacial score (nSPS) is 15.8. The second-order valence-electron chi connectivity index (χ2n) is 6.50. The van der Waals surface area contributed by atoms with Crippen molar-refractivity contribution >= 4 is 29.0 Å². The van der Waals surface area contributed by atoms with Gasteiger partial charge in [0.25, 0.3) is 11.5 Å². The number of aryl methyl sites for hydroxylation is 1. The van der Waals surface area contributed by atoms with Crippen LogP contribution in [0.25, 0.3) is 10.9 Å². The molecule has 5 nitrogen and oxygen atoms in total. The quantitative estimate of drug-likeness (QED) is 0.698. The molecular weight excluding hydrogens is 346 g/mol. The van der Waals surface area contributed by atoms with E-state index in [0.29, 0.717) is 27.8 Å². The number of aromatic nitrogens is 2. The molecule has 2 N–H and O–H groups in total. The van der Waals surface area contributed by atoms with Crippen molar-refractivity contribution in [1.29, 1.82) is 0 Å². The molecular formula is C20H19N3O2S. The second kappa shape index (κ2) is 6.53. The predicted octanol–water partition coefficient (Wildman–Crippen LogP) is 3.50. The third-order valence-electron chi connectivity index (χ3n) is 5.00. The molecule has 1 amide bonds. The zero-order valence-electron chi connectivity index (χ0n) is 14.4. The molecule has 0 spiro atoms. The molecule has 132 valence electrons. The fourth-order valence-electron chi connectivity index (χ4n) is 3.63. The lowest BCUT2D eigenvalue weighted by atomic mass is 10.1. The summed E-state index contributed by atoms with van der Waals surface area (Å²) in [6.07, 6.45) is 1.88. The van der Waals surface area contributed by atoms with Gasteiger partial charge in [0.1, 0.15) is 0 Å². The first-order valence-corrected chi connectivity index (χ1v) is 9.15. The number of amides is 1. The van der Waals surface area contributed by atoms with Crippen LogP contribution < -0.4 is 10.9 Å². The number of benzene rings is 2. The number of carbonyl (C=O) groups is 1. The van der Waals surface area contributed by atoms with Gasteiger partial charge in [0, 0.05) is 12.1 Å². The summed E-state index contributed by atoms with van der Waals surface area (Å²) in [6.45, 7) is 2.38. The lowest BCUT2D eigenvalue weighted by molar-refractivity contribution is 0.0937. The smallest absolute Gasteiger partial charge is 0.262 e. The number of hydrogen-bond donors (Lipinski definition) is 2. The maximum atomic E-state index is 12.7. The van der Waals surface area contributed by atoms with E-state index in [-0.39, 0.29) is 17.5 Å². The molecule has 4 rings (SSSR count). The van der Waals surface area contributed by atoms with Gasteiger partial charge in [-0.2, -0.15) is 0 Å². The number of fused-ring (bicyclic) bond motifs is 2. The van der Waals surface area contributed by atoms with Gasteiger partial charge in [-0.05, 0) is 61.3 Å². The Hall–Kier alpha value is -2.73. The third kappa shape index (κ3) is 2.76. The van der Waals surface area contributed by atoms with Gasteiger partial charge in [-0.15, -0.1) is 0 Å². The van der Waals surface area contributed by atoms with E-state index in [1.54, 1.807) is 18.2 Å². The topological polar surface area (TPSA) is 66.9 Å². The van der Waals surface area contributed by atoms with Crippen LogP contribution in [0.3, 0.4) is 0 Å². The lowest BCUT2D eigenvalue weighted by Crippen LogP contribution is -2.27. The van der Waals surface area contributed by atoms with E-state index < -0.39 is 0 Å². The Bertz CT molecular complexity index is 1130. The number of nitrogens with one attached hydrogen (secondary N) is 2. The molecule has 0 radical (unpaired) electrons. The first-order chi connectivity index (χ1) is 12.6. The zero-order chi connectivity index (χ0) is 18.3. The van der Waals surface area contributed by atoms with Gasteiger partial charge < -0.3 is 10.3 Å². The summed E-state index contributed by atoms with van der Waals surface area (Å²) in [5.41, 5.74) is 3.45. The Labute approximate surface area is 155 Å². The van der Waals surface area contributed by atoms with Gasteiger partial charge in [-0.1, -0.05) is 24.3 Å². The van der Waals surface area contributed by atoms with Crippen molar-refractivity contribution in [2.45, 2.75) is 32.4 Å². The molecule has 0 unspecified atom stereocenters. The van der Waals surface area contributed by atoms with E-state index in [1.165, 1.54) is 15.7 Å². The molecule has 1 atom stereocenters. The van der Waals surface area contributed by atoms with Gasteiger partial charge in [0.05, 0.1) is 16.9 Å². The van der Waals surface area contributed by atoms with E-state index >= 15 is 0 Å². The van der Waals surface area contributed by atoms with Crippen molar-refractivity contribution in [3.8, 4) is 0 Å². The SMILES string of the molecule is CCn1c(=S)[nH]c2cc(C(=O)N[C@@H]3CCc4ccccc43)ccc2c1=O. The Morgan fingerprint density at radius 2 is 2.12 bits per heavy atom. The highest BCUT2D eigenvalue weighted by atomic mass is 32.1. The summed E-state index contributed by atoms with van der Waals surface area (Å²) in [4.78, 5) is 28.2. The molecule has 0 saturated heterocycles. The van der Waals surface area contributed by atoms with Crippen LogP contribution in [0.4, 0.5) is 0 Å². The zero-order valence-corrected chi connectivity index (χ0v) is 15.2. The van der Waals surface area contributed by atoms with E-state index in [9.17, 15) is 9.59 Å². The van der Waals surface area contributed by atoms with Crippen molar-refractivity contribution in [2.24, 2.45) is 0 Å². The summed E-state index contributed by atoms with van der Waals surface area (Å²) >= 11 is 5.24. The largest absolute Gasteiger partial charge is 0.345 e. The number of carbonyl (C=O) groups excluding carboxylic acids is 1. The van der Waals surface area contributed by atoms with Gasteiger partial charge >= 0.3 is 0 Å². The van der Waals surface area contributed by atoms with E-state index in [4.69, 9.17) is 12.2 Å². The molecule has 0 aliphatic heterocycles. The highest BCUT2D eigenvalue weighted by Crippen LogP contribution is 2.30. The predicted molar refractivity (Wildman–Crippen MR) is 104 cm³/mol. The van der Waals surface area contributed by atoms with Crippen LogP contribution in [0.2, 0.25) is 0 Å². The Balaban J connectivity index is 1.66. The highest BCUT2D eigenvalue weighted by Gasteiger charge is 2.24. The Morgan fingerprint density at radius 1 is 1.31 bits per heavy atom. The van der Waals surface area contributed by atoms with Crippen LogP contribution in [0.15, 0.2) is 47.3 Å². The number of nitrogens with zero attached hydrogens (tertiary/aromatic N) is 1. The number of hydrogen-bond acceptors (Lipinski definition) is 3. The molecule has 2 aromatic carbocycles. The fraction of sp³-hybridized carbons (Fsp3) is 0.250. The van der Waals surface area contributed by atoms with Crippen LogP contribution in [0.5, 0.6) is 0 Å². The summed E-state index contributed by atoms with van der Waals surface area (Å²) in [7, 11) is 0. The van der Waals surface area contributed by atoms with Gasteiger partial charge in [-0.25, -0.2) is 0 Å². The van der Waals surface area contributed by atoms with E-state index in [0.717, 1.165) is 12.8 Å². The number of H-pyrrole nitrogens is 1. The van der Waals surface area contributed by atoms with Crippen LogP contribution in [-0.2, 0) is 13.0 Å². The Morgan fingerprint density at radius 3 is 2.92 bits per heavy atom. The van der Waals surface area contributed by atoms with Crippen LogP contribution in [0.1, 0.15) is 40.9 Å². The summed E-state index contributed by atoms with van der Waals surface area (Å²) < 4.78 is 1.87. The summed E-state index contributed by atoms with van der Waals surface area (Å²) in [5, 5.41) is 3.64. The van der Waals surface area contributed by atoms with E-state index in [1.807, 2.05) is 19.1 Å². The molecule has 3 aromatic rings. The molecule has 0 fully saturated rings. The maximum Gasteiger partial charge on any atom is 0.262 e. The van der Waals surface area contributed by atoms with E-state index in [2.05, 4.69) is 22.4 Å². The molecule has 6 heteroatoms. The minimum Gasteiger partial charge on any atom is -0.345 e. The average molecular weight is 365 g/mol. The van der Waals surface area contributed by atoms with Crippen LogP contribution >= 0.6 is 12.2 Å². The highest BCUT2D eigenvalue weighted by molar-refractivity contribution is 7.71. The van der Waals surface area contributed by atoms with Crippen molar-refractivity contribution in [3.05, 3.63) is 74.3 Å². The van der Waals surface area contributed by atoms with Crippen LogP contribution in [-0.4, -0.2) is 15.5 Å². The standard InChI is InChI=1S/C20H19N3O2S/c1-2-23-19(25)15-9-7-13(11-17(15)22-20(23)26)18(24)21-16-10-8-12-5-3-4-6-14(12)16/h3-7,9,11,16H,2,8,10H2,1H3,(H,21,24)(H,22,26)/t16-/m1/s1. The van der Waals surface area contributed by atoms with Crippen LogP contribution in [0, 0.1) is 4.77 Å². The minimum absolute atomic E-state index is 0.0287. The molecule has 0 saturated carbocycles. The summed E-state index contributed by atoms with van der Waals surface area (Å²) in [6, 6.07) is 13.3. The minimum atomic E-state index is -0.146. The third-order valence-corrected chi connectivity index (χ3v) is 5.32. The van der Waals surface area contributed by atoms with Crippen molar-refractivity contribution in [2.75, 3.05) is 0 Å². The second-order valence-corrected chi connectivity index (χ2v) is 6.89. The molecule has 1 aliphatic rings. The molecule has 1 aliphatic carbocycles. The molecule has 0 bridgehead atoms. The first-order valence-electron chi connectivity index (χ1n) is 8.74. The fourth-order valence-corrected chi connectivity index (χ4v) is 3.95. The number of rotatable bonds is 3. The van der Waals surface area contributed by atoms with Crippen molar-refractivity contribution in [1.82, 2.24) is 14.9 Å². The first kappa shape index (κ1) is 16.7. The molecule has 1 heterocycles. The van der Waals surface area contributed by atoms with Crippen molar-refractivity contribution < 1.29 is 4.79 Å². The monoisotopic (exact) mass is 365 g/mol. The summed E-state index contributed by atoms with van der Waals surface area (Å²) in [5.74, 6) is -0.146. The maximum absolute atomic E-state index is 12.7. The average Bonchev–Trinajstić information content (AvgIpc) is 3.04. The van der Waals surface area contributed by atoms with Gasteiger partial charge in [0.2, 0.25) is 0 Å². The van der Waals surface area contributed by atoms with Crippen molar-refractivity contribution in [3.63, 3.8) is 0 Å². The molecule has 26 heavy (non-hydrogen) atoms. The van der Waals surface area contributed by atoms with Gasteiger partial charge in [-0.3, -0.25) is 14.2 Å². The lowest BCUT2D eigenvalue weighted by Gasteiger charge is -2.14. The molecule has 1 aromatic heterocycles. The number of aromatic amines is 1. The Kier molecular flexibility index (Phi) is 4.20.